The highest BCUT2D eigenvalue weighted by Gasteiger charge is 2.47. The third kappa shape index (κ3) is 2.63. The Morgan fingerprint density at radius 3 is 2.59 bits per heavy atom. The van der Waals surface area contributed by atoms with Gasteiger partial charge in [0.1, 0.15) is 5.75 Å². The van der Waals surface area contributed by atoms with Crippen LogP contribution in [0, 0.1) is 0 Å². The third-order valence-electron chi connectivity index (χ3n) is 3.98. The average Bonchev–Trinajstić information content (AvgIpc) is 2.53. The van der Waals surface area contributed by atoms with Gasteiger partial charge in [0.15, 0.2) is 6.04 Å². The second kappa shape index (κ2) is 5.55. The van der Waals surface area contributed by atoms with E-state index in [4.69, 9.17) is 4.74 Å². The number of halogens is 3. The minimum atomic E-state index is -4.33. The third-order valence-corrected chi connectivity index (χ3v) is 3.98. The first-order valence-corrected chi connectivity index (χ1v) is 7.06. The summed E-state index contributed by atoms with van der Waals surface area (Å²) in [5.74, 6) is 0.553. The molecule has 1 unspecified atom stereocenters. The molecule has 1 atom stereocenters. The van der Waals surface area contributed by atoms with E-state index < -0.39 is 12.2 Å². The predicted molar refractivity (Wildman–Crippen MR) is 79.3 cm³/mol. The van der Waals surface area contributed by atoms with Crippen LogP contribution in [0.15, 0.2) is 48.5 Å². The molecule has 1 aliphatic rings. The van der Waals surface area contributed by atoms with E-state index >= 15 is 0 Å². The van der Waals surface area contributed by atoms with Gasteiger partial charge in [-0.25, -0.2) is 0 Å². The molecule has 2 nitrogen and oxygen atoms in total. The smallest absolute Gasteiger partial charge is 0.413 e. The molecule has 0 spiro atoms. The molecule has 0 aliphatic carbocycles. The van der Waals surface area contributed by atoms with E-state index in [0.717, 1.165) is 5.56 Å². The van der Waals surface area contributed by atoms with Gasteiger partial charge in [-0.05, 0) is 29.7 Å². The number of methoxy groups -OCH3 is 1. The molecule has 2 aromatic carbocycles. The maximum absolute atomic E-state index is 13.7. The zero-order valence-electron chi connectivity index (χ0n) is 12.1. The number of rotatable bonds is 2. The summed E-state index contributed by atoms with van der Waals surface area (Å²) in [4.78, 5) is 1.41. The SMILES string of the molecule is COc1cccc(N2CCc3ccccc3C2C(F)(F)F)c1. The molecule has 0 bridgehead atoms. The van der Waals surface area contributed by atoms with Crippen LogP contribution in [0.25, 0.3) is 0 Å². The highest BCUT2D eigenvalue weighted by Crippen LogP contribution is 2.44. The zero-order valence-corrected chi connectivity index (χ0v) is 12.1. The largest absolute Gasteiger partial charge is 0.497 e. The summed E-state index contributed by atoms with van der Waals surface area (Å²) < 4.78 is 46.1. The predicted octanol–water partition coefficient (Wildman–Crippen LogP) is 4.36. The summed E-state index contributed by atoms with van der Waals surface area (Å²) in [6, 6.07) is 11.9. The summed E-state index contributed by atoms with van der Waals surface area (Å²) in [6.45, 7) is 0.328. The van der Waals surface area contributed by atoms with Crippen molar-refractivity contribution in [3.05, 3.63) is 59.7 Å². The molecule has 3 rings (SSSR count). The fourth-order valence-corrected chi connectivity index (χ4v) is 2.99. The van der Waals surface area contributed by atoms with Crippen LogP contribution in [0.1, 0.15) is 17.2 Å². The molecule has 0 fully saturated rings. The minimum absolute atomic E-state index is 0.328. The fourth-order valence-electron chi connectivity index (χ4n) is 2.99. The van der Waals surface area contributed by atoms with Gasteiger partial charge in [-0.2, -0.15) is 13.2 Å². The van der Waals surface area contributed by atoms with Gasteiger partial charge in [0.25, 0.3) is 0 Å². The van der Waals surface area contributed by atoms with Gasteiger partial charge in [-0.3, -0.25) is 0 Å². The van der Waals surface area contributed by atoms with Crippen molar-refractivity contribution in [2.24, 2.45) is 0 Å². The molecule has 5 heteroatoms. The Morgan fingerprint density at radius 2 is 1.86 bits per heavy atom. The first-order valence-electron chi connectivity index (χ1n) is 7.06. The highest BCUT2D eigenvalue weighted by atomic mass is 19.4. The lowest BCUT2D eigenvalue weighted by molar-refractivity contribution is -0.151. The molecule has 22 heavy (non-hydrogen) atoms. The lowest BCUT2D eigenvalue weighted by Gasteiger charge is -2.39. The molecule has 0 amide bonds. The maximum Gasteiger partial charge on any atom is 0.413 e. The van der Waals surface area contributed by atoms with E-state index in [1.165, 1.54) is 12.0 Å². The molecule has 0 aromatic heterocycles. The summed E-state index contributed by atoms with van der Waals surface area (Å²) in [6.07, 6.45) is -3.74. The summed E-state index contributed by atoms with van der Waals surface area (Å²) in [5.41, 5.74) is 1.63. The van der Waals surface area contributed by atoms with Crippen LogP contribution in [0.4, 0.5) is 18.9 Å². The zero-order chi connectivity index (χ0) is 15.7. The van der Waals surface area contributed by atoms with Crippen molar-refractivity contribution in [1.82, 2.24) is 0 Å². The molecular weight excluding hydrogens is 291 g/mol. The van der Waals surface area contributed by atoms with Crippen LogP contribution in [0.5, 0.6) is 5.75 Å². The molecule has 116 valence electrons. The first kappa shape index (κ1) is 14.8. The molecule has 2 aromatic rings. The van der Waals surface area contributed by atoms with Gasteiger partial charge in [0, 0.05) is 18.3 Å². The highest BCUT2D eigenvalue weighted by molar-refractivity contribution is 5.55. The van der Waals surface area contributed by atoms with Crippen molar-refractivity contribution in [2.75, 3.05) is 18.6 Å². The van der Waals surface area contributed by atoms with Crippen LogP contribution in [-0.2, 0) is 6.42 Å². The van der Waals surface area contributed by atoms with E-state index in [9.17, 15) is 13.2 Å². The molecule has 0 saturated carbocycles. The van der Waals surface area contributed by atoms with Crippen molar-refractivity contribution in [1.29, 1.82) is 0 Å². The number of benzene rings is 2. The van der Waals surface area contributed by atoms with E-state index in [1.54, 1.807) is 48.5 Å². The minimum Gasteiger partial charge on any atom is -0.497 e. The number of ether oxygens (including phenoxy) is 1. The quantitative estimate of drug-likeness (QED) is 0.817. The van der Waals surface area contributed by atoms with Gasteiger partial charge in [-0.15, -0.1) is 0 Å². The maximum atomic E-state index is 13.7. The Morgan fingerprint density at radius 1 is 1.09 bits per heavy atom. The van der Waals surface area contributed by atoms with E-state index in [1.807, 2.05) is 0 Å². The van der Waals surface area contributed by atoms with Crippen LogP contribution < -0.4 is 9.64 Å². The normalized spacial score (nSPS) is 18.0. The summed E-state index contributed by atoms with van der Waals surface area (Å²) in [7, 11) is 1.51. The Bertz CT molecular complexity index is 669. The molecule has 1 aliphatic heterocycles. The van der Waals surface area contributed by atoms with Gasteiger partial charge in [-0.1, -0.05) is 30.3 Å². The van der Waals surface area contributed by atoms with Crippen molar-refractivity contribution >= 4 is 5.69 Å². The number of fused-ring (bicyclic) bond motifs is 1. The van der Waals surface area contributed by atoms with Gasteiger partial charge >= 0.3 is 6.18 Å². The van der Waals surface area contributed by atoms with Gasteiger partial charge < -0.3 is 9.64 Å². The van der Waals surface area contributed by atoms with Crippen LogP contribution >= 0.6 is 0 Å². The van der Waals surface area contributed by atoms with Crippen molar-refractivity contribution < 1.29 is 17.9 Å². The van der Waals surface area contributed by atoms with Crippen LogP contribution in [0.3, 0.4) is 0 Å². The molecule has 0 radical (unpaired) electrons. The first-order chi connectivity index (χ1) is 10.5. The number of anilines is 1. The Kier molecular flexibility index (Phi) is 3.72. The monoisotopic (exact) mass is 307 g/mol. The Balaban J connectivity index is 2.07. The summed E-state index contributed by atoms with van der Waals surface area (Å²) in [5, 5.41) is 0. The number of alkyl halides is 3. The van der Waals surface area contributed by atoms with E-state index in [2.05, 4.69) is 0 Å². The number of hydrogen-bond acceptors (Lipinski definition) is 2. The Labute approximate surface area is 127 Å². The van der Waals surface area contributed by atoms with Gasteiger partial charge in [0.05, 0.1) is 7.11 Å². The van der Waals surface area contributed by atoms with Crippen LogP contribution in [0.2, 0.25) is 0 Å². The standard InChI is InChI=1S/C17H16F3NO/c1-22-14-7-4-6-13(11-14)21-10-9-12-5-2-3-8-15(12)16(21)17(18,19)20/h2-8,11,16H,9-10H2,1H3. The lowest BCUT2D eigenvalue weighted by Crippen LogP contribution is -2.43. The average molecular weight is 307 g/mol. The Hall–Kier alpha value is -2.17. The van der Waals surface area contributed by atoms with E-state index in [0.29, 0.717) is 30.0 Å². The number of nitrogens with zero attached hydrogens (tertiary/aromatic N) is 1. The lowest BCUT2D eigenvalue weighted by atomic mass is 9.91. The summed E-state index contributed by atoms with van der Waals surface area (Å²) >= 11 is 0. The van der Waals surface area contributed by atoms with Crippen molar-refractivity contribution in [3.8, 4) is 5.75 Å². The topological polar surface area (TPSA) is 12.5 Å². The van der Waals surface area contributed by atoms with Gasteiger partial charge in [0.2, 0.25) is 0 Å². The molecule has 0 saturated heterocycles. The van der Waals surface area contributed by atoms with Crippen molar-refractivity contribution in [3.63, 3.8) is 0 Å². The molecule has 1 heterocycles. The molecular formula is C17H16F3NO. The van der Waals surface area contributed by atoms with E-state index in [-0.39, 0.29) is 0 Å². The number of hydrogen-bond donors (Lipinski definition) is 0. The molecule has 0 N–H and O–H groups in total. The second-order valence-corrected chi connectivity index (χ2v) is 5.29. The fraction of sp³-hybridized carbons (Fsp3) is 0.294. The second-order valence-electron chi connectivity index (χ2n) is 5.29. The van der Waals surface area contributed by atoms with Crippen LogP contribution in [-0.4, -0.2) is 19.8 Å². The van der Waals surface area contributed by atoms with Crippen molar-refractivity contribution in [2.45, 2.75) is 18.6 Å².